The van der Waals surface area contributed by atoms with Crippen LogP contribution in [0.25, 0.3) is 67.2 Å². The number of rotatable bonds is 10. The number of ether oxygens (including phenoxy) is 2. The molecule has 16 nitrogen and oxygen atoms in total. The molecule has 1 N–H and O–H groups in total. The molecule has 6 heterocycles. The maximum absolute atomic E-state index is 12.2. The van der Waals surface area contributed by atoms with Gasteiger partial charge in [-0.3, -0.25) is 9.36 Å². The number of benzene rings is 2. The van der Waals surface area contributed by atoms with Crippen molar-refractivity contribution in [3.05, 3.63) is 81.0 Å². The number of para-hydroxylation sites is 2. The second-order valence-electron chi connectivity index (χ2n) is 11.9. The predicted octanol–water partition coefficient (Wildman–Crippen LogP) is 6.06. The molecule has 6 aromatic heterocycles. The first-order valence-corrected chi connectivity index (χ1v) is 18.4. The summed E-state index contributed by atoms with van der Waals surface area (Å²) in [5.41, 5.74) is 7.89. The van der Waals surface area contributed by atoms with Crippen molar-refractivity contribution >= 4 is 104 Å². The molecular weight excluding hydrogens is 849 g/mol. The fourth-order valence-electron chi connectivity index (χ4n) is 5.99. The van der Waals surface area contributed by atoms with Gasteiger partial charge in [-0.05, 0) is 56.1 Å². The Morgan fingerprint density at radius 2 is 1.45 bits per heavy atom. The maximum Gasteiger partial charge on any atom is 0.201 e. The van der Waals surface area contributed by atoms with Crippen molar-refractivity contribution in [1.29, 1.82) is 0 Å². The van der Waals surface area contributed by atoms with Crippen LogP contribution in [0.3, 0.4) is 0 Å². The number of nitrogens with one attached hydrogen (secondary N) is 1. The van der Waals surface area contributed by atoms with Gasteiger partial charge in [0.1, 0.15) is 11.4 Å². The van der Waals surface area contributed by atoms with E-state index < -0.39 is 5.81 Å². The van der Waals surface area contributed by atoms with E-state index in [-0.39, 0.29) is 6.51 Å². The van der Waals surface area contributed by atoms with Gasteiger partial charge >= 0.3 is 42.4 Å². The molecule has 0 saturated heterocycles. The molecule has 0 aliphatic rings. The van der Waals surface area contributed by atoms with Gasteiger partial charge in [0.25, 0.3) is 0 Å². The zero-order valence-corrected chi connectivity index (χ0v) is 34.0. The van der Waals surface area contributed by atoms with E-state index in [2.05, 4.69) is 71.7 Å². The maximum atomic E-state index is 12.2. The Labute approximate surface area is 339 Å². The van der Waals surface area contributed by atoms with Crippen molar-refractivity contribution in [2.75, 3.05) is 20.7 Å². The van der Waals surface area contributed by atoms with E-state index >= 15 is 0 Å². The Balaban J connectivity index is 0.000000164. The average molecular weight is 881 g/mol. The zero-order valence-electron chi connectivity index (χ0n) is 30.9. The first-order chi connectivity index (χ1) is 27.1. The Bertz CT molecular complexity index is 2680. The Hall–Kier alpha value is -4.92. The largest absolute Gasteiger partial charge is 0.380 e. The topological polar surface area (TPSA) is 179 Å². The van der Waals surface area contributed by atoms with Gasteiger partial charge in [0, 0.05) is 60.8 Å². The number of methoxy groups -OCH3 is 2. The SMILES string of the molecule is COCc1cccc2[nH]c(-c3nn(C)c4ncc(Br)cc34)nc12.C[B]OOCB=O.[B]C(=O)n1c(-c2nn(C)c3ncc(Br)cc23)nc2c(COC)cccc21. The summed E-state index contributed by atoms with van der Waals surface area (Å²) in [4.78, 5) is 42.2. The van der Waals surface area contributed by atoms with Crippen LogP contribution < -0.4 is 0 Å². The molecule has 21 heteroatoms. The molecule has 0 bridgehead atoms. The molecule has 8 rings (SSSR count). The number of pyridine rings is 2. The molecule has 0 spiro atoms. The van der Waals surface area contributed by atoms with Gasteiger partial charge in [0.15, 0.2) is 28.7 Å². The molecule has 0 unspecified atom stereocenters. The number of H-pyrrole nitrogens is 1. The normalized spacial score (nSPS) is 11.1. The van der Waals surface area contributed by atoms with Gasteiger partial charge in [-0.2, -0.15) is 10.2 Å². The molecule has 0 aliphatic carbocycles. The molecular formula is C35H32B3Br2N10O6. The smallest absolute Gasteiger partial charge is 0.201 e. The summed E-state index contributed by atoms with van der Waals surface area (Å²) in [6, 6.07) is 15.5. The molecule has 56 heavy (non-hydrogen) atoms. The van der Waals surface area contributed by atoms with Crippen LogP contribution in [0, 0.1) is 0 Å². The third-order valence-electron chi connectivity index (χ3n) is 8.21. The number of carbonyl (C=O) groups is 1. The number of imidazole rings is 2. The summed E-state index contributed by atoms with van der Waals surface area (Å²) >= 11 is 6.90. The van der Waals surface area contributed by atoms with Crippen molar-refractivity contribution in [3.63, 3.8) is 0 Å². The molecule has 0 atom stereocenters. The minimum Gasteiger partial charge on any atom is -0.380 e. The van der Waals surface area contributed by atoms with Crippen molar-refractivity contribution in [1.82, 2.24) is 49.0 Å². The Kier molecular flexibility index (Phi) is 13.4. The number of hydrogen-bond donors (Lipinski definition) is 1. The Morgan fingerprint density at radius 1 is 0.857 bits per heavy atom. The molecule has 0 aliphatic heterocycles. The first-order valence-electron chi connectivity index (χ1n) is 16.8. The summed E-state index contributed by atoms with van der Waals surface area (Å²) in [5.74, 6) is 0.481. The molecule has 3 radical (unpaired) electrons. The first kappa shape index (κ1) is 40.7. The van der Waals surface area contributed by atoms with Crippen molar-refractivity contribution < 1.29 is 28.7 Å². The number of nitrogens with zero attached hydrogens (tertiary/aromatic N) is 9. The van der Waals surface area contributed by atoms with Crippen LogP contribution >= 0.6 is 31.9 Å². The molecule has 8 aromatic rings. The van der Waals surface area contributed by atoms with E-state index in [1.54, 1.807) is 55.9 Å². The van der Waals surface area contributed by atoms with E-state index in [9.17, 15) is 9.50 Å². The van der Waals surface area contributed by atoms with Gasteiger partial charge < -0.3 is 14.5 Å². The number of carbonyl (C=O) groups excluding carboxylic acids is 1. The van der Waals surface area contributed by atoms with E-state index in [1.807, 2.05) is 49.5 Å². The van der Waals surface area contributed by atoms with Crippen molar-refractivity contribution in [3.8, 4) is 23.0 Å². The van der Waals surface area contributed by atoms with Gasteiger partial charge in [-0.25, -0.2) is 29.3 Å². The van der Waals surface area contributed by atoms with Crippen LogP contribution in [0.1, 0.15) is 11.1 Å². The average Bonchev–Trinajstić information content (AvgIpc) is 3.95. The third-order valence-corrected chi connectivity index (χ3v) is 9.08. The van der Waals surface area contributed by atoms with Gasteiger partial charge in [-0.1, -0.05) is 24.3 Å². The number of hydrogen-bond acceptors (Lipinski definition) is 12. The Morgan fingerprint density at radius 3 is 2.04 bits per heavy atom. The summed E-state index contributed by atoms with van der Waals surface area (Å²) < 4.78 is 26.5. The van der Waals surface area contributed by atoms with Gasteiger partial charge in [0.05, 0.1) is 46.1 Å². The summed E-state index contributed by atoms with van der Waals surface area (Å²) in [6.45, 7) is 2.55. The van der Waals surface area contributed by atoms with Gasteiger partial charge in [-0.15, -0.1) is 0 Å². The predicted molar refractivity (Wildman–Crippen MR) is 219 cm³/mol. The third kappa shape index (κ3) is 8.57. The molecule has 0 saturated carbocycles. The zero-order chi connectivity index (χ0) is 39.9. The molecule has 0 amide bonds. The van der Waals surface area contributed by atoms with Crippen molar-refractivity contribution in [2.24, 2.45) is 14.1 Å². The second kappa shape index (κ2) is 18.4. The van der Waals surface area contributed by atoms with Crippen LogP contribution in [-0.4, -0.2) is 98.1 Å². The number of fused-ring (bicyclic) bond motifs is 4. The standard InChI is InChI=1S/C17H13BBrN5O2.C16H14BrN5O.C2H5B2O3/c1-23-15-11(6-10(19)7-20-15)14(22-23)16-21-13-9(8-26-2)4-3-5-12(13)24(16)17(18)25;1-22-16-11(6-10(17)7-18-16)14(21-22)15-19-12-5-3-4-9(8-23-2)13(12)20-15;1-3-7-6-2-4-5/h3-7H,8H2,1-2H3;3-7H,8H2,1-2H3,(H,19,20);2H2,1H3. The van der Waals surface area contributed by atoms with Crippen LogP contribution in [0.15, 0.2) is 69.9 Å². The number of aryl methyl sites for hydroxylation is 2. The van der Waals surface area contributed by atoms with Gasteiger partial charge in [0.2, 0.25) is 7.85 Å². The van der Waals surface area contributed by atoms with Crippen LogP contribution in [0.2, 0.25) is 6.82 Å². The summed E-state index contributed by atoms with van der Waals surface area (Å²) in [6.07, 6.45) is 3.46. The van der Waals surface area contributed by atoms with Crippen LogP contribution in [0.4, 0.5) is 4.79 Å². The van der Waals surface area contributed by atoms with Crippen LogP contribution in [0.5, 0.6) is 0 Å². The fourth-order valence-corrected chi connectivity index (χ4v) is 6.66. The molecule has 0 fully saturated rings. The quantitative estimate of drug-likeness (QED) is 0.0728. The summed E-state index contributed by atoms with van der Waals surface area (Å²) in [7, 11) is 14.6. The monoisotopic (exact) mass is 879 g/mol. The molecule has 281 valence electrons. The van der Waals surface area contributed by atoms with E-state index in [0.29, 0.717) is 48.6 Å². The second-order valence-corrected chi connectivity index (χ2v) is 13.8. The van der Waals surface area contributed by atoms with E-state index in [0.717, 1.165) is 59.0 Å². The summed E-state index contributed by atoms with van der Waals surface area (Å²) in [5, 5.41) is 10.8. The molecule has 2 aromatic carbocycles. The number of aromatic amines is 1. The van der Waals surface area contributed by atoms with Crippen LogP contribution in [-0.2, 0) is 51.2 Å². The minimum absolute atomic E-state index is 0.00958. The number of aromatic nitrogens is 10. The minimum atomic E-state index is -0.626. The van der Waals surface area contributed by atoms with Crippen molar-refractivity contribution in [2.45, 2.75) is 20.0 Å². The fraction of sp³-hybridized carbons (Fsp3) is 0.229. The number of halogens is 2. The van der Waals surface area contributed by atoms with E-state index in [4.69, 9.17) is 22.3 Å². The van der Waals surface area contributed by atoms with E-state index in [1.165, 1.54) is 12.0 Å².